The number of hydrogen-bond donors (Lipinski definition) is 2. The molecular formula is C25H22N4O6S. The summed E-state index contributed by atoms with van der Waals surface area (Å²) in [5, 5.41) is 6.96. The van der Waals surface area contributed by atoms with Crippen LogP contribution in [-0.2, 0) is 27.2 Å². The number of esters is 1. The molecule has 3 aromatic rings. The zero-order valence-corrected chi connectivity index (χ0v) is 20.0. The van der Waals surface area contributed by atoms with Gasteiger partial charge in [-0.15, -0.1) is 11.3 Å². The Labute approximate surface area is 210 Å². The highest BCUT2D eigenvalue weighted by Crippen LogP contribution is 2.31. The van der Waals surface area contributed by atoms with Crippen LogP contribution in [0.5, 0.6) is 5.75 Å². The lowest BCUT2D eigenvalue weighted by Crippen LogP contribution is -2.49. The Morgan fingerprint density at radius 1 is 1.25 bits per heavy atom. The molecule has 2 N–H and O–H groups in total. The van der Waals surface area contributed by atoms with E-state index in [1.165, 1.54) is 12.5 Å². The predicted octanol–water partition coefficient (Wildman–Crippen LogP) is 2.71. The monoisotopic (exact) mass is 506 g/mol. The Bertz CT molecular complexity index is 1340. The van der Waals surface area contributed by atoms with Gasteiger partial charge in [0, 0.05) is 18.2 Å². The van der Waals surface area contributed by atoms with Crippen LogP contribution in [0.4, 0.5) is 9.93 Å². The third kappa shape index (κ3) is 4.52. The number of urea groups is 1. The minimum Gasteiger partial charge on any atom is -0.493 e. The average Bonchev–Trinajstić information content (AvgIpc) is 3.61. The molecule has 2 atom stereocenters. The van der Waals surface area contributed by atoms with Crippen molar-refractivity contribution >= 4 is 40.3 Å². The smallest absolute Gasteiger partial charge is 0.357 e. The number of methoxy groups -OCH3 is 1. The molecule has 2 aliphatic rings. The number of nitrogens with one attached hydrogen (secondary N) is 2. The SMILES string of the molecule is COC(=O)c1csc(NC(=O)C(Cc2ccccc2)N2C(=O)NC(c3ccc4c(c3)CCO4)C2=O)n1. The number of nitrogens with zero attached hydrogens (tertiary/aromatic N) is 2. The molecule has 3 heterocycles. The van der Waals surface area contributed by atoms with Gasteiger partial charge in [-0.25, -0.2) is 19.5 Å². The van der Waals surface area contributed by atoms with Gasteiger partial charge in [0.2, 0.25) is 5.91 Å². The van der Waals surface area contributed by atoms with E-state index in [0.717, 1.165) is 39.5 Å². The van der Waals surface area contributed by atoms with Gasteiger partial charge in [-0.3, -0.25) is 9.59 Å². The molecule has 184 valence electrons. The summed E-state index contributed by atoms with van der Waals surface area (Å²) in [6, 6.07) is 11.8. The molecule has 0 bridgehead atoms. The molecule has 1 fully saturated rings. The lowest BCUT2D eigenvalue weighted by atomic mass is 10.0. The maximum Gasteiger partial charge on any atom is 0.357 e. The van der Waals surface area contributed by atoms with Crippen LogP contribution in [0.2, 0.25) is 0 Å². The van der Waals surface area contributed by atoms with Gasteiger partial charge in [0.05, 0.1) is 13.7 Å². The summed E-state index contributed by atoms with van der Waals surface area (Å²) in [4.78, 5) is 56.7. The van der Waals surface area contributed by atoms with E-state index in [9.17, 15) is 19.2 Å². The number of imide groups is 1. The van der Waals surface area contributed by atoms with Crippen molar-refractivity contribution < 1.29 is 28.7 Å². The average molecular weight is 507 g/mol. The van der Waals surface area contributed by atoms with Gasteiger partial charge in [-0.1, -0.05) is 36.4 Å². The summed E-state index contributed by atoms with van der Waals surface area (Å²) in [6.45, 7) is 0.573. The van der Waals surface area contributed by atoms with Gasteiger partial charge in [0.1, 0.15) is 17.8 Å². The fraction of sp³-hybridized carbons (Fsp3) is 0.240. The van der Waals surface area contributed by atoms with E-state index >= 15 is 0 Å². The van der Waals surface area contributed by atoms with Crippen LogP contribution in [0, 0.1) is 0 Å². The first-order valence-electron chi connectivity index (χ1n) is 11.2. The van der Waals surface area contributed by atoms with Gasteiger partial charge in [0.25, 0.3) is 5.91 Å². The summed E-state index contributed by atoms with van der Waals surface area (Å²) >= 11 is 1.04. The zero-order valence-electron chi connectivity index (χ0n) is 19.2. The molecule has 2 unspecified atom stereocenters. The second-order valence-electron chi connectivity index (χ2n) is 8.28. The van der Waals surface area contributed by atoms with Gasteiger partial charge >= 0.3 is 12.0 Å². The molecule has 5 rings (SSSR count). The topological polar surface area (TPSA) is 127 Å². The van der Waals surface area contributed by atoms with Crippen LogP contribution < -0.4 is 15.4 Å². The van der Waals surface area contributed by atoms with Crippen molar-refractivity contribution in [3.05, 3.63) is 76.3 Å². The number of anilines is 1. The molecule has 2 aliphatic heterocycles. The minimum absolute atomic E-state index is 0.0491. The molecule has 4 amide bonds. The molecular weight excluding hydrogens is 484 g/mol. The van der Waals surface area contributed by atoms with E-state index in [0.29, 0.717) is 12.2 Å². The first-order chi connectivity index (χ1) is 17.4. The molecule has 0 radical (unpaired) electrons. The molecule has 10 nitrogen and oxygen atoms in total. The Hall–Kier alpha value is -4.25. The first kappa shape index (κ1) is 23.5. The van der Waals surface area contributed by atoms with Crippen molar-refractivity contribution in [2.24, 2.45) is 0 Å². The largest absolute Gasteiger partial charge is 0.493 e. The van der Waals surface area contributed by atoms with Gasteiger partial charge in [-0.2, -0.15) is 0 Å². The molecule has 11 heteroatoms. The highest BCUT2D eigenvalue weighted by molar-refractivity contribution is 7.14. The minimum atomic E-state index is -1.15. The van der Waals surface area contributed by atoms with E-state index in [4.69, 9.17) is 4.74 Å². The van der Waals surface area contributed by atoms with E-state index in [2.05, 4.69) is 20.4 Å². The lowest BCUT2D eigenvalue weighted by Gasteiger charge is -2.24. The zero-order chi connectivity index (χ0) is 25.2. The molecule has 2 aromatic carbocycles. The van der Waals surface area contributed by atoms with Crippen LogP contribution >= 0.6 is 11.3 Å². The Balaban J connectivity index is 1.42. The van der Waals surface area contributed by atoms with E-state index in [-0.39, 0.29) is 17.2 Å². The number of carbonyl (C=O) groups is 4. The molecule has 0 aliphatic carbocycles. The maximum absolute atomic E-state index is 13.5. The van der Waals surface area contributed by atoms with Crippen LogP contribution in [0.25, 0.3) is 0 Å². The Morgan fingerprint density at radius 3 is 2.83 bits per heavy atom. The number of benzene rings is 2. The van der Waals surface area contributed by atoms with Crippen LogP contribution in [0.15, 0.2) is 53.9 Å². The van der Waals surface area contributed by atoms with Crippen molar-refractivity contribution in [1.82, 2.24) is 15.2 Å². The maximum atomic E-state index is 13.5. The summed E-state index contributed by atoms with van der Waals surface area (Å²) in [7, 11) is 1.23. The highest BCUT2D eigenvalue weighted by atomic mass is 32.1. The summed E-state index contributed by atoms with van der Waals surface area (Å²) in [6.07, 6.45) is 0.827. The number of fused-ring (bicyclic) bond motifs is 1. The standard InChI is InChI=1S/C25H22N4O6S/c1-34-23(32)17-13-36-24(26-17)28-21(30)18(11-14-5-3-2-4-6-14)29-22(31)20(27-25(29)33)16-7-8-19-15(12-16)9-10-35-19/h2-8,12-13,18,20H,9-11H2,1H3,(H,27,33)(H,26,28,30). The number of hydrogen-bond acceptors (Lipinski definition) is 8. The van der Waals surface area contributed by atoms with Crippen molar-refractivity contribution in [2.45, 2.75) is 24.9 Å². The normalized spacial score (nSPS) is 17.2. The number of aromatic nitrogens is 1. The van der Waals surface area contributed by atoms with Gasteiger partial charge in [-0.05, 0) is 28.8 Å². The third-order valence-electron chi connectivity index (χ3n) is 6.03. The summed E-state index contributed by atoms with van der Waals surface area (Å²) < 4.78 is 10.2. The van der Waals surface area contributed by atoms with Gasteiger partial charge in [0.15, 0.2) is 10.8 Å². The van der Waals surface area contributed by atoms with Crippen LogP contribution in [-0.4, -0.2) is 53.5 Å². The summed E-state index contributed by atoms with van der Waals surface area (Å²) in [5.74, 6) is -0.992. The highest BCUT2D eigenvalue weighted by Gasteiger charge is 2.45. The van der Waals surface area contributed by atoms with Gasteiger partial charge < -0.3 is 20.1 Å². The lowest BCUT2D eigenvalue weighted by molar-refractivity contribution is -0.134. The number of rotatable bonds is 7. The fourth-order valence-electron chi connectivity index (χ4n) is 4.26. The van der Waals surface area contributed by atoms with Crippen molar-refractivity contribution in [3.8, 4) is 5.75 Å². The molecule has 1 aromatic heterocycles. The number of amides is 4. The number of ether oxygens (including phenoxy) is 2. The van der Waals surface area contributed by atoms with Crippen molar-refractivity contribution in [2.75, 3.05) is 19.0 Å². The predicted molar refractivity (Wildman–Crippen MR) is 130 cm³/mol. The second-order valence-corrected chi connectivity index (χ2v) is 9.14. The summed E-state index contributed by atoms with van der Waals surface area (Å²) in [5.41, 5.74) is 2.41. The van der Waals surface area contributed by atoms with Crippen molar-refractivity contribution in [3.63, 3.8) is 0 Å². The Kier molecular flexibility index (Phi) is 6.38. The molecule has 0 spiro atoms. The Morgan fingerprint density at radius 2 is 2.06 bits per heavy atom. The first-order valence-corrected chi connectivity index (χ1v) is 12.1. The fourth-order valence-corrected chi connectivity index (χ4v) is 4.94. The molecule has 1 saturated heterocycles. The van der Waals surface area contributed by atoms with Crippen molar-refractivity contribution in [1.29, 1.82) is 0 Å². The third-order valence-corrected chi connectivity index (χ3v) is 6.79. The quantitative estimate of drug-likeness (QED) is 0.373. The van der Waals surface area contributed by atoms with E-state index < -0.39 is 35.9 Å². The van der Waals surface area contributed by atoms with E-state index in [1.54, 1.807) is 12.1 Å². The van der Waals surface area contributed by atoms with Crippen LogP contribution in [0.3, 0.4) is 0 Å². The number of carbonyl (C=O) groups excluding carboxylic acids is 4. The second kappa shape index (κ2) is 9.78. The molecule has 0 saturated carbocycles. The molecule has 36 heavy (non-hydrogen) atoms. The van der Waals surface area contributed by atoms with Crippen LogP contribution in [0.1, 0.15) is 33.2 Å². The van der Waals surface area contributed by atoms with E-state index in [1.807, 2.05) is 36.4 Å². The number of thiazole rings is 1.